The van der Waals surface area contributed by atoms with Gasteiger partial charge in [0.05, 0.1) is 23.2 Å². The summed E-state index contributed by atoms with van der Waals surface area (Å²) in [6, 6.07) is 5.98. The molecule has 18 heavy (non-hydrogen) atoms. The van der Waals surface area contributed by atoms with Crippen LogP contribution in [0.25, 0.3) is 0 Å². The van der Waals surface area contributed by atoms with Crippen LogP contribution in [0.15, 0.2) is 29.2 Å². The average molecular weight is 291 g/mol. The van der Waals surface area contributed by atoms with E-state index in [4.69, 9.17) is 11.6 Å². The number of hydrogen-bond acceptors (Lipinski definition) is 4. The SMILES string of the molecule is COC(=O)C(C)C(C)S(=O)(=O)c1cccc(Cl)c1. The molecule has 1 aromatic rings. The highest BCUT2D eigenvalue weighted by molar-refractivity contribution is 7.92. The Bertz CT molecular complexity index is 539. The first kappa shape index (κ1) is 15.0. The van der Waals surface area contributed by atoms with Crippen molar-refractivity contribution in [1.29, 1.82) is 0 Å². The molecule has 0 fully saturated rings. The van der Waals surface area contributed by atoms with Gasteiger partial charge in [0.2, 0.25) is 0 Å². The van der Waals surface area contributed by atoms with Crippen LogP contribution in [0, 0.1) is 5.92 Å². The van der Waals surface area contributed by atoms with Crippen LogP contribution in [0.2, 0.25) is 5.02 Å². The number of sulfone groups is 1. The lowest BCUT2D eigenvalue weighted by molar-refractivity contribution is -0.144. The normalized spacial score (nSPS) is 14.9. The van der Waals surface area contributed by atoms with E-state index < -0.39 is 27.0 Å². The predicted octanol–water partition coefficient (Wildman–Crippen LogP) is 2.31. The summed E-state index contributed by atoms with van der Waals surface area (Å²) in [6.07, 6.45) is 0. The third-order valence-electron chi connectivity index (χ3n) is 2.89. The largest absolute Gasteiger partial charge is 0.469 e. The number of carbonyl (C=O) groups is 1. The van der Waals surface area contributed by atoms with Crippen molar-refractivity contribution in [1.82, 2.24) is 0 Å². The Kier molecular flexibility index (Phi) is 4.76. The van der Waals surface area contributed by atoms with Gasteiger partial charge in [0.25, 0.3) is 0 Å². The first-order valence-corrected chi connectivity index (χ1v) is 7.30. The first-order valence-electron chi connectivity index (χ1n) is 5.38. The van der Waals surface area contributed by atoms with Crippen LogP contribution in [0.3, 0.4) is 0 Å². The standard InChI is InChI=1S/C12H15ClO4S/c1-8(12(14)17-3)9(2)18(15,16)11-6-4-5-10(13)7-11/h4-9H,1-3H3. The highest BCUT2D eigenvalue weighted by Crippen LogP contribution is 2.24. The van der Waals surface area contributed by atoms with Gasteiger partial charge < -0.3 is 4.74 Å². The lowest BCUT2D eigenvalue weighted by Gasteiger charge is -2.18. The summed E-state index contributed by atoms with van der Waals surface area (Å²) in [4.78, 5) is 11.5. The lowest BCUT2D eigenvalue weighted by atomic mass is 10.1. The van der Waals surface area contributed by atoms with Crippen molar-refractivity contribution in [2.45, 2.75) is 24.0 Å². The summed E-state index contributed by atoms with van der Waals surface area (Å²) >= 11 is 5.77. The van der Waals surface area contributed by atoms with E-state index in [0.29, 0.717) is 5.02 Å². The Hall–Kier alpha value is -1.07. The Balaban J connectivity index is 3.11. The lowest BCUT2D eigenvalue weighted by Crippen LogP contribution is -2.31. The molecule has 100 valence electrons. The van der Waals surface area contributed by atoms with Gasteiger partial charge in [0.15, 0.2) is 9.84 Å². The molecule has 1 aromatic carbocycles. The summed E-state index contributed by atoms with van der Waals surface area (Å²) in [7, 11) is -2.37. The molecule has 0 amide bonds. The molecule has 0 aliphatic rings. The number of benzene rings is 1. The highest BCUT2D eigenvalue weighted by Gasteiger charge is 2.33. The Labute approximate surface area is 112 Å². The topological polar surface area (TPSA) is 60.4 Å². The maximum Gasteiger partial charge on any atom is 0.309 e. The van der Waals surface area contributed by atoms with Gasteiger partial charge in [0, 0.05) is 5.02 Å². The van der Waals surface area contributed by atoms with E-state index in [9.17, 15) is 13.2 Å². The first-order chi connectivity index (χ1) is 8.30. The third kappa shape index (κ3) is 3.03. The van der Waals surface area contributed by atoms with Crippen molar-refractivity contribution >= 4 is 27.4 Å². The highest BCUT2D eigenvalue weighted by atomic mass is 35.5. The molecule has 0 aliphatic carbocycles. The van der Waals surface area contributed by atoms with Crippen LogP contribution >= 0.6 is 11.6 Å². The molecular formula is C12H15ClO4S. The van der Waals surface area contributed by atoms with Gasteiger partial charge in [-0.05, 0) is 25.1 Å². The molecule has 0 aromatic heterocycles. The van der Waals surface area contributed by atoms with E-state index >= 15 is 0 Å². The van der Waals surface area contributed by atoms with Crippen molar-refractivity contribution in [2.24, 2.45) is 5.92 Å². The molecule has 6 heteroatoms. The van der Waals surface area contributed by atoms with Gasteiger partial charge in [-0.25, -0.2) is 8.42 Å². The molecular weight excluding hydrogens is 276 g/mol. The van der Waals surface area contributed by atoms with Gasteiger partial charge in [-0.3, -0.25) is 4.79 Å². The van der Waals surface area contributed by atoms with E-state index in [-0.39, 0.29) is 4.90 Å². The summed E-state index contributed by atoms with van der Waals surface area (Å²) in [5.41, 5.74) is 0. The fourth-order valence-corrected chi connectivity index (χ4v) is 3.40. The molecule has 2 atom stereocenters. The molecule has 0 heterocycles. The zero-order valence-corrected chi connectivity index (χ0v) is 12.0. The van der Waals surface area contributed by atoms with E-state index in [0.717, 1.165) is 0 Å². The Morgan fingerprint density at radius 1 is 1.33 bits per heavy atom. The number of halogens is 1. The minimum absolute atomic E-state index is 0.109. The summed E-state index contributed by atoms with van der Waals surface area (Å²) in [5.74, 6) is -1.29. The van der Waals surface area contributed by atoms with Gasteiger partial charge in [0.1, 0.15) is 0 Å². The molecule has 0 bridgehead atoms. The summed E-state index contributed by atoms with van der Waals surface area (Å²) in [5, 5.41) is -0.530. The minimum Gasteiger partial charge on any atom is -0.469 e. The van der Waals surface area contributed by atoms with E-state index in [2.05, 4.69) is 4.74 Å². The van der Waals surface area contributed by atoms with E-state index in [1.807, 2.05) is 0 Å². The number of carbonyl (C=O) groups excluding carboxylic acids is 1. The van der Waals surface area contributed by atoms with Crippen molar-refractivity contribution in [2.75, 3.05) is 7.11 Å². The van der Waals surface area contributed by atoms with Crippen LogP contribution in [0.1, 0.15) is 13.8 Å². The zero-order chi connectivity index (χ0) is 13.9. The van der Waals surface area contributed by atoms with Crippen LogP contribution in [0.4, 0.5) is 0 Å². The van der Waals surface area contributed by atoms with E-state index in [1.54, 1.807) is 12.1 Å². The third-order valence-corrected chi connectivity index (χ3v) is 5.42. The van der Waals surface area contributed by atoms with Crippen LogP contribution in [0.5, 0.6) is 0 Å². The van der Waals surface area contributed by atoms with Gasteiger partial charge in [-0.2, -0.15) is 0 Å². The zero-order valence-electron chi connectivity index (χ0n) is 10.4. The molecule has 0 radical (unpaired) electrons. The average Bonchev–Trinajstić information content (AvgIpc) is 2.35. The van der Waals surface area contributed by atoms with Gasteiger partial charge in [-0.1, -0.05) is 24.6 Å². The van der Waals surface area contributed by atoms with Crippen molar-refractivity contribution < 1.29 is 17.9 Å². The monoisotopic (exact) mass is 290 g/mol. The molecule has 0 aliphatic heterocycles. The maximum absolute atomic E-state index is 12.3. The number of hydrogen-bond donors (Lipinski definition) is 0. The van der Waals surface area contributed by atoms with Gasteiger partial charge >= 0.3 is 5.97 Å². The summed E-state index contributed by atoms with van der Waals surface area (Å²) in [6.45, 7) is 3.01. The predicted molar refractivity (Wildman–Crippen MR) is 69.3 cm³/mol. The molecule has 0 saturated carbocycles. The van der Waals surface area contributed by atoms with Crippen molar-refractivity contribution in [3.05, 3.63) is 29.3 Å². The van der Waals surface area contributed by atoms with Gasteiger partial charge in [-0.15, -0.1) is 0 Å². The quantitative estimate of drug-likeness (QED) is 0.799. The summed E-state index contributed by atoms with van der Waals surface area (Å²) < 4.78 is 29.1. The second kappa shape index (κ2) is 5.71. The Morgan fingerprint density at radius 2 is 1.94 bits per heavy atom. The second-order valence-electron chi connectivity index (χ2n) is 4.02. The van der Waals surface area contributed by atoms with Crippen LogP contribution in [-0.4, -0.2) is 26.7 Å². The number of methoxy groups -OCH3 is 1. The minimum atomic E-state index is -3.60. The molecule has 0 saturated heterocycles. The van der Waals surface area contributed by atoms with Crippen LogP contribution in [-0.2, 0) is 19.4 Å². The van der Waals surface area contributed by atoms with E-state index in [1.165, 1.54) is 33.1 Å². The number of rotatable bonds is 4. The molecule has 2 unspecified atom stereocenters. The molecule has 4 nitrogen and oxygen atoms in total. The number of esters is 1. The fourth-order valence-electron chi connectivity index (χ4n) is 1.50. The smallest absolute Gasteiger partial charge is 0.309 e. The van der Waals surface area contributed by atoms with Crippen LogP contribution < -0.4 is 0 Å². The van der Waals surface area contributed by atoms with Crippen molar-refractivity contribution in [3.8, 4) is 0 Å². The second-order valence-corrected chi connectivity index (χ2v) is 6.76. The molecule has 0 N–H and O–H groups in total. The Morgan fingerprint density at radius 3 is 2.44 bits per heavy atom. The number of ether oxygens (including phenoxy) is 1. The maximum atomic E-state index is 12.3. The fraction of sp³-hybridized carbons (Fsp3) is 0.417. The molecule has 1 rings (SSSR count). The van der Waals surface area contributed by atoms with Crippen molar-refractivity contribution in [3.63, 3.8) is 0 Å². The molecule has 0 spiro atoms.